The van der Waals surface area contributed by atoms with Crippen molar-refractivity contribution >= 4 is 40.3 Å². The molecule has 0 bridgehead atoms. The Bertz CT molecular complexity index is 2690. The number of rotatable bonds is 10. The highest BCUT2D eigenvalue weighted by Crippen LogP contribution is 2.36. The molecule has 0 spiro atoms. The summed E-state index contributed by atoms with van der Waals surface area (Å²) in [6.07, 6.45) is 6.45. The average Bonchev–Trinajstić information content (AvgIpc) is 4.02. The average molecular weight is 867 g/mol. The molecule has 0 aliphatic carbocycles. The van der Waals surface area contributed by atoms with Crippen molar-refractivity contribution in [2.75, 3.05) is 49.1 Å². The fraction of sp³-hybridized carbons (Fsp3) is 0.458. The summed E-state index contributed by atoms with van der Waals surface area (Å²) in [5.41, 5.74) is 9.73. The Morgan fingerprint density at radius 1 is 0.922 bits per heavy atom. The number of anilines is 2. The van der Waals surface area contributed by atoms with Crippen molar-refractivity contribution in [3.8, 4) is 17.1 Å². The number of aromatic amines is 1. The third-order valence-corrected chi connectivity index (χ3v) is 13.3. The number of fused-ring (bicyclic) bond motifs is 1. The predicted octanol–water partition coefficient (Wildman–Crippen LogP) is 7.45. The Kier molecular flexibility index (Phi) is 11.6. The van der Waals surface area contributed by atoms with Crippen LogP contribution in [0.3, 0.4) is 0 Å². The van der Waals surface area contributed by atoms with Gasteiger partial charge in [-0.1, -0.05) is 38.1 Å². The summed E-state index contributed by atoms with van der Waals surface area (Å²) in [6, 6.07) is 15.8. The number of amides is 4. The molecule has 334 valence electrons. The van der Waals surface area contributed by atoms with Gasteiger partial charge in [-0.3, -0.25) is 19.8 Å². The van der Waals surface area contributed by atoms with Gasteiger partial charge >= 0.3 is 17.8 Å². The molecule has 1 unspecified atom stereocenters. The van der Waals surface area contributed by atoms with E-state index < -0.39 is 5.91 Å². The standard InChI is InChI=1S/C48H58N12O4/c1-28-24-34(8-13-37(28)29(2)51-44(62)45-54-46(56-64-45)48(5,6)7)42-38-25-39(52-43(38)50-27-49-42)60-31(4)41(30(3)55-60)33-16-19-57(20-17-33)26-32-14-21-58(22-15-32)35-9-11-36(12-10-35)59-23-18-40(61)53-47(59)63/h8-13,24-25,27,29,32-33H,14-23,26H2,1-7H3,(H,51,62)(H,49,50,52)(H,53,61,63). The Labute approximate surface area is 373 Å². The van der Waals surface area contributed by atoms with Gasteiger partial charge in [-0.15, -0.1) is 0 Å². The number of likely N-dealkylation sites (tertiary alicyclic amines) is 1. The highest BCUT2D eigenvalue weighted by atomic mass is 16.5. The maximum absolute atomic E-state index is 13.0. The van der Waals surface area contributed by atoms with Crippen molar-refractivity contribution in [1.82, 2.24) is 50.4 Å². The molecule has 3 saturated heterocycles. The number of carbonyl (C=O) groups is 3. The highest BCUT2D eigenvalue weighted by Gasteiger charge is 2.30. The van der Waals surface area contributed by atoms with Gasteiger partial charge in [0.15, 0.2) is 5.82 Å². The normalized spacial score (nSPS) is 17.6. The summed E-state index contributed by atoms with van der Waals surface area (Å²) < 4.78 is 7.29. The zero-order valence-corrected chi connectivity index (χ0v) is 37.9. The van der Waals surface area contributed by atoms with Gasteiger partial charge in [0.05, 0.1) is 17.4 Å². The highest BCUT2D eigenvalue weighted by molar-refractivity contribution is 6.05. The van der Waals surface area contributed by atoms with Gasteiger partial charge in [-0.25, -0.2) is 19.4 Å². The minimum Gasteiger partial charge on any atom is -0.372 e. The van der Waals surface area contributed by atoms with Gasteiger partial charge in [0, 0.05) is 66.0 Å². The first-order chi connectivity index (χ1) is 30.7. The maximum Gasteiger partial charge on any atom is 0.328 e. The lowest BCUT2D eigenvalue weighted by Crippen LogP contribution is -2.49. The van der Waals surface area contributed by atoms with Crippen molar-refractivity contribution < 1.29 is 18.9 Å². The van der Waals surface area contributed by atoms with Crippen LogP contribution < -0.4 is 20.4 Å². The Balaban J connectivity index is 0.806. The molecule has 3 aliphatic rings. The van der Waals surface area contributed by atoms with E-state index in [1.54, 1.807) is 11.2 Å². The van der Waals surface area contributed by atoms with Crippen LogP contribution in [0.25, 0.3) is 28.1 Å². The number of nitrogens with one attached hydrogen (secondary N) is 3. The van der Waals surface area contributed by atoms with Crippen LogP contribution in [0, 0.1) is 26.7 Å². The molecule has 3 fully saturated rings. The molecule has 16 heteroatoms. The number of hydrogen-bond donors (Lipinski definition) is 3. The molecular formula is C48H58N12O4. The first-order valence-electron chi connectivity index (χ1n) is 22.5. The number of aryl methyl sites for hydroxylation is 2. The largest absolute Gasteiger partial charge is 0.372 e. The van der Waals surface area contributed by atoms with E-state index >= 15 is 0 Å². The Hall–Kier alpha value is -6.42. The molecule has 3 N–H and O–H groups in total. The number of aromatic nitrogens is 7. The van der Waals surface area contributed by atoms with E-state index in [0.29, 0.717) is 30.6 Å². The molecule has 9 rings (SSSR count). The van der Waals surface area contributed by atoms with Crippen LogP contribution in [-0.4, -0.2) is 96.9 Å². The second-order valence-corrected chi connectivity index (χ2v) is 18.9. The summed E-state index contributed by atoms with van der Waals surface area (Å²) in [5, 5.41) is 15.4. The van der Waals surface area contributed by atoms with Gasteiger partial charge in [0.25, 0.3) is 0 Å². The molecule has 0 radical (unpaired) electrons. The number of benzene rings is 2. The molecule has 4 amide bonds. The van der Waals surface area contributed by atoms with Gasteiger partial charge in [-0.2, -0.15) is 10.1 Å². The second kappa shape index (κ2) is 17.3. The van der Waals surface area contributed by atoms with E-state index in [-0.39, 0.29) is 29.3 Å². The number of imide groups is 1. The Morgan fingerprint density at radius 3 is 2.34 bits per heavy atom. The lowest BCUT2D eigenvalue weighted by molar-refractivity contribution is -0.120. The maximum atomic E-state index is 13.0. The minimum atomic E-state index is -0.410. The van der Waals surface area contributed by atoms with Crippen molar-refractivity contribution in [2.24, 2.45) is 5.92 Å². The molecule has 2 aromatic carbocycles. The molecule has 0 saturated carbocycles. The topological polar surface area (TPSA) is 183 Å². The summed E-state index contributed by atoms with van der Waals surface area (Å²) in [5.74, 6) is 1.79. The number of hydrogen-bond acceptors (Lipinski definition) is 11. The first-order valence-corrected chi connectivity index (χ1v) is 22.5. The number of H-pyrrole nitrogens is 1. The van der Waals surface area contributed by atoms with Crippen LogP contribution in [0.1, 0.15) is 116 Å². The van der Waals surface area contributed by atoms with Gasteiger partial charge in [0.2, 0.25) is 5.91 Å². The molecule has 4 aromatic heterocycles. The predicted molar refractivity (Wildman–Crippen MR) is 245 cm³/mol. The van der Waals surface area contributed by atoms with Crippen molar-refractivity contribution in [3.63, 3.8) is 0 Å². The van der Waals surface area contributed by atoms with Crippen LogP contribution in [0.2, 0.25) is 0 Å². The molecule has 1 atom stereocenters. The Morgan fingerprint density at radius 2 is 1.66 bits per heavy atom. The number of nitrogens with zero attached hydrogens (tertiary/aromatic N) is 9. The van der Waals surface area contributed by atoms with Crippen LogP contribution in [0.15, 0.2) is 59.4 Å². The first kappa shape index (κ1) is 42.9. The summed E-state index contributed by atoms with van der Waals surface area (Å²) in [4.78, 5) is 60.7. The number of urea groups is 1. The third-order valence-electron chi connectivity index (χ3n) is 13.3. The zero-order valence-electron chi connectivity index (χ0n) is 37.9. The summed E-state index contributed by atoms with van der Waals surface area (Å²) in [7, 11) is 0. The summed E-state index contributed by atoms with van der Waals surface area (Å²) >= 11 is 0. The van der Waals surface area contributed by atoms with Gasteiger partial charge < -0.3 is 24.6 Å². The van der Waals surface area contributed by atoms with Gasteiger partial charge in [0.1, 0.15) is 17.8 Å². The molecule has 3 aliphatic heterocycles. The quantitative estimate of drug-likeness (QED) is 0.124. The molecular weight excluding hydrogens is 809 g/mol. The molecule has 16 nitrogen and oxygen atoms in total. The second-order valence-electron chi connectivity index (χ2n) is 18.9. The fourth-order valence-corrected chi connectivity index (χ4v) is 9.81. The smallest absolute Gasteiger partial charge is 0.328 e. The van der Waals surface area contributed by atoms with Gasteiger partial charge in [-0.05, 0) is 131 Å². The number of carbonyl (C=O) groups excluding carboxylic acids is 3. The summed E-state index contributed by atoms with van der Waals surface area (Å²) in [6.45, 7) is 19.9. The van der Waals surface area contributed by atoms with E-state index in [2.05, 4.69) is 78.7 Å². The van der Waals surface area contributed by atoms with Crippen LogP contribution >= 0.6 is 0 Å². The zero-order chi connectivity index (χ0) is 44.9. The van der Waals surface area contributed by atoms with Crippen molar-refractivity contribution in [1.29, 1.82) is 0 Å². The molecule has 64 heavy (non-hydrogen) atoms. The lowest BCUT2D eigenvalue weighted by atomic mass is 9.87. The molecule has 6 aromatic rings. The van der Waals surface area contributed by atoms with E-state index in [9.17, 15) is 14.4 Å². The van der Waals surface area contributed by atoms with Crippen LogP contribution in [0.5, 0.6) is 0 Å². The monoisotopic (exact) mass is 866 g/mol. The van der Waals surface area contributed by atoms with Crippen LogP contribution in [-0.2, 0) is 10.2 Å². The molecule has 7 heterocycles. The lowest BCUT2D eigenvalue weighted by Gasteiger charge is -2.38. The number of piperidine rings is 2. The van der Waals surface area contributed by atoms with E-state index in [4.69, 9.17) is 14.6 Å². The van der Waals surface area contributed by atoms with E-state index in [1.165, 1.54) is 11.3 Å². The fourth-order valence-electron chi connectivity index (χ4n) is 9.81. The van der Waals surface area contributed by atoms with Crippen molar-refractivity contribution in [3.05, 3.63) is 94.7 Å². The van der Waals surface area contributed by atoms with E-state index in [0.717, 1.165) is 115 Å². The van der Waals surface area contributed by atoms with E-state index in [1.807, 2.05) is 63.6 Å². The SMILES string of the molecule is Cc1cc(-c2ncnc3[nH]c(-n4nc(C)c(C5CCN(CC6CCN(c7ccc(N8CCC(=O)NC8=O)cc7)CC6)CC5)c4C)cc23)ccc1C(C)NC(=O)c1nc(C(C)(C)C)no1. The van der Waals surface area contributed by atoms with Crippen LogP contribution in [0.4, 0.5) is 16.2 Å². The van der Waals surface area contributed by atoms with Crippen molar-refractivity contribution in [2.45, 2.75) is 97.9 Å². The minimum absolute atomic E-state index is 0.0487. The third kappa shape index (κ3) is 8.62.